The van der Waals surface area contributed by atoms with Crippen molar-refractivity contribution in [3.63, 3.8) is 0 Å². The molecule has 2 aromatic carbocycles. The number of dihydropyridines is 1. The summed E-state index contributed by atoms with van der Waals surface area (Å²) in [7, 11) is 1.29. The van der Waals surface area contributed by atoms with E-state index in [2.05, 4.69) is 5.32 Å². The van der Waals surface area contributed by atoms with Gasteiger partial charge in [-0.25, -0.2) is 4.79 Å². The maximum Gasteiger partial charge on any atom is 0.336 e. The largest absolute Gasteiger partial charge is 0.468 e. The zero-order valence-electron chi connectivity index (χ0n) is 22.1. The third-order valence-electron chi connectivity index (χ3n) is 6.80. The Bertz CT molecular complexity index is 1270. The highest BCUT2D eigenvalue weighted by Gasteiger charge is 2.47. The lowest BCUT2D eigenvalue weighted by molar-refractivity contribution is -0.151. The average Bonchev–Trinajstić information content (AvgIpc) is 2.90. The van der Waals surface area contributed by atoms with Gasteiger partial charge in [0.15, 0.2) is 5.78 Å². The summed E-state index contributed by atoms with van der Waals surface area (Å²) in [5.74, 6) is -0.452. The van der Waals surface area contributed by atoms with Crippen LogP contribution in [0, 0.1) is 11.8 Å². The molecule has 38 heavy (non-hydrogen) atoms. The van der Waals surface area contributed by atoms with Crippen LogP contribution in [-0.2, 0) is 23.9 Å². The monoisotopic (exact) mass is 535 g/mol. The first-order chi connectivity index (χ1) is 18.3. The highest BCUT2D eigenvalue weighted by molar-refractivity contribution is 7.99. The molecule has 0 bridgehead atoms. The molecular weight excluding hydrogens is 502 g/mol. The van der Waals surface area contributed by atoms with Crippen molar-refractivity contribution in [2.75, 3.05) is 25.2 Å². The van der Waals surface area contributed by atoms with Gasteiger partial charge in [-0.2, -0.15) is 11.8 Å². The number of carbonyl (C=O) groups excluding carboxylic acids is 3. The fourth-order valence-electron chi connectivity index (χ4n) is 5.08. The Kier molecular flexibility index (Phi) is 8.94. The molecule has 0 spiro atoms. The van der Waals surface area contributed by atoms with E-state index in [4.69, 9.17) is 14.2 Å². The van der Waals surface area contributed by atoms with Crippen LogP contribution in [0.2, 0.25) is 0 Å². The summed E-state index contributed by atoms with van der Waals surface area (Å²) in [6.45, 7) is 5.99. The number of thioether (sulfide) groups is 1. The third-order valence-corrected chi connectivity index (χ3v) is 7.66. The molecule has 3 atom stereocenters. The molecule has 1 aliphatic carbocycles. The van der Waals surface area contributed by atoms with Crippen LogP contribution in [0.1, 0.15) is 38.7 Å². The zero-order chi connectivity index (χ0) is 27.2. The predicted octanol–water partition coefficient (Wildman–Crippen LogP) is 5.39. The van der Waals surface area contributed by atoms with Crippen LogP contribution in [0.4, 0.5) is 0 Å². The van der Waals surface area contributed by atoms with Crippen LogP contribution in [-0.4, -0.2) is 42.9 Å². The average molecular weight is 536 g/mol. The standard InChI is InChI=1S/C30H33NO6S/c1-5-38-15-14-36-30(34)25-19(3)31-23-16-18(2)24(29(33)35-4)28(32)27(23)26(25)20-10-9-13-22(17-20)37-21-11-7-6-8-12-21/h6-13,17-18,24,26,31H,5,14-16H2,1-4H3/t18-,24+,26-/m1/s1. The van der Waals surface area contributed by atoms with Crippen molar-refractivity contribution in [3.05, 3.63) is 82.7 Å². The second-order valence-corrected chi connectivity index (χ2v) is 10.7. The first-order valence-corrected chi connectivity index (χ1v) is 13.9. The Morgan fingerprint density at radius 1 is 1.08 bits per heavy atom. The number of Topliss-reactive ketones (excluding diaryl/α,β-unsaturated/α-hetero) is 1. The summed E-state index contributed by atoms with van der Waals surface area (Å²) >= 11 is 1.68. The summed E-state index contributed by atoms with van der Waals surface area (Å²) in [5.41, 5.74) is 2.81. The topological polar surface area (TPSA) is 90.9 Å². The Labute approximate surface area is 227 Å². The van der Waals surface area contributed by atoms with Crippen molar-refractivity contribution in [1.82, 2.24) is 5.32 Å². The fraction of sp³-hybridized carbons (Fsp3) is 0.367. The van der Waals surface area contributed by atoms with Crippen molar-refractivity contribution in [2.24, 2.45) is 11.8 Å². The van der Waals surface area contributed by atoms with Gasteiger partial charge in [-0.05, 0) is 54.8 Å². The van der Waals surface area contributed by atoms with Crippen LogP contribution < -0.4 is 10.1 Å². The first kappa shape index (κ1) is 27.5. The van der Waals surface area contributed by atoms with Gasteiger partial charge in [-0.15, -0.1) is 0 Å². The number of ketones is 1. The van der Waals surface area contributed by atoms with E-state index in [9.17, 15) is 14.4 Å². The van der Waals surface area contributed by atoms with Crippen LogP contribution in [0.15, 0.2) is 77.1 Å². The molecule has 200 valence electrons. The van der Waals surface area contributed by atoms with Crippen LogP contribution in [0.3, 0.4) is 0 Å². The molecule has 1 aliphatic heterocycles. The lowest BCUT2D eigenvalue weighted by atomic mass is 9.69. The fourth-order valence-corrected chi connectivity index (χ4v) is 5.57. The number of rotatable bonds is 9. The number of hydrogen-bond acceptors (Lipinski definition) is 8. The lowest BCUT2D eigenvalue weighted by Crippen LogP contribution is -2.43. The molecule has 2 aliphatic rings. The highest BCUT2D eigenvalue weighted by atomic mass is 32.2. The summed E-state index contributed by atoms with van der Waals surface area (Å²) in [6, 6.07) is 16.7. The summed E-state index contributed by atoms with van der Waals surface area (Å²) in [6.07, 6.45) is 0.477. The molecule has 7 nitrogen and oxygen atoms in total. The normalized spacial score (nSPS) is 20.9. The Morgan fingerprint density at radius 3 is 2.53 bits per heavy atom. The van der Waals surface area contributed by atoms with Gasteiger partial charge in [0.1, 0.15) is 24.0 Å². The van der Waals surface area contributed by atoms with E-state index in [0.717, 1.165) is 11.4 Å². The predicted molar refractivity (Wildman–Crippen MR) is 147 cm³/mol. The Morgan fingerprint density at radius 2 is 1.82 bits per heavy atom. The molecule has 0 saturated carbocycles. The van der Waals surface area contributed by atoms with Gasteiger partial charge in [0.25, 0.3) is 0 Å². The van der Waals surface area contributed by atoms with Crippen molar-refractivity contribution in [2.45, 2.75) is 33.1 Å². The van der Waals surface area contributed by atoms with Gasteiger partial charge in [0, 0.05) is 28.6 Å². The number of ether oxygens (including phenoxy) is 3. The number of allylic oxidation sites excluding steroid dienone is 3. The van der Waals surface area contributed by atoms with E-state index in [1.807, 2.05) is 75.4 Å². The first-order valence-electron chi connectivity index (χ1n) is 12.8. The Hall–Kier alpha value is -3.52. The maximum absolute atomic E-state index is 13.9. The van der Waals surface area contributed by atoms with Gasteiger partial charge >= 0.3 is 11.9 Å². The Balaban J connectivity index is 1.77. The smallest absolute Gasteiger partial charge is 0.336 e. The molecule has 0 unspecified atom stereocenters. The molecule has 1 heterocycles. The van der Waals surface area contributed by atoms with Crippen LogP contribution >= 0.6 is 11.8 Å². The molecule has 4 rings (SSSR count). The molecule has 0 saturated heterocycles. The number of methoxy groups -OCH3 is 1. The summed E-state index contributed by atoms with van der Waals surface area (Å²) < 4.78 is 16.7. The molecule has 0 fully saturated rings. The van der Waals surface area contributed by atoms with E-state index >= 15 is 0 Å². The SMILES string of the molecule is CCSCCOC(=O)C1=C(C)NC2=C(C(=O)[C@@H](C(=O)OC)[C@H](C)C2)[C@@H]1c1cccc(Oc2ccccc2)c1. The third kappa shape index (κ3) is 5.80. The molecular formula is C30H33NO6S. The number of nitrogens with one attached hydrogen (secondary N) is 1. The lowest BCUT2D eigenvalue weighted by Gasteiger charge is -2.38. The quantitative estimate of drug-likeness (QED) is 0.260. The van der Waals surface area contributed by atoms with Crippen molar-refractivity contribution in [3.8, 4) is 11.5 Å². The van der Waals surface area contributed by atoms with Crippen LogP contribution in [0.5, 0.6) is 11.5 Å². The van der Waals surface area contributed by atoms with E-state index in [-0.39, 0.29) is 18.3 Å². The summed E-state index contributed by atoms with van der Waals surface area (Å²) in [4.78, 5) is 40.0. The number of para-hydroxylation sites is 1. The molecule has 0 aromatic heterocycles. The van der Waals surface area contributed by atoms with Crippen molar-refractivity contribution in [1.29, 1.82) is 0 Å². The van der Waals surface area contributed by atoms with Crippen molar-refractivity contribution >= 4 is 29.5 Å². The minimum absolute atomic E-state index is 0.248. The zero-order valence-corrected chi connectivity index (χ0v) is 22.9. The number of benzene rings is 2. The van der Waals surface area contributed by atoms with Gasteiger partial charge in [0.2, 0.25) is 0 Å². The minimum atomic E-state index is -0.941. The highest BCUT2D eigenvalue weighted by Crippen LogP contribution is 2.46. The molecule has 8 heteroatoms. The van der Waals surface area contributed by atoms with E-state index in [1.165, 1.54) is 7.11 Å². The van der Waals surface area contributed by atoms with Gasteiger partial charge in [-0.3, -0.25) is 9.59 Å². The molecule has 0 radical (unpaired) electrons. The van der Waals surface area contributed by atoms with Gasteiger partial charge < -0.3 is 19.5 Å². The number of carbonyl (C=O) groups is 3. The van der Waals surface area contributed by atoms with Gasteiger partial charge in [0.05, 0.1) is 12.7 Å². The molecule has 1 N–H and O–H groups in total. The van der Waals surface area contributed by atoms with Gasteiger partial charge in [-0.1, -0.05) is 44.2 Å². The molecule has 2 aromatic rings. The number of hydrogen-bond donors (Lipinski definition) is 1. The van der Waals surface area contributed by atoms with E-state index < -0.39 is 23.8 Å². The van der Waals surface area contributed by atoms with E-state index in [1.54, 1.807) is 11.8 Å². The van der Waals surface area contributed by atoms with Crippen molar-refractivity contribution < 1.29 is 28.6 Å². The second-order valence-electron chi connectivity index (χ2n) is 9.36. The van der Waals surface area contributed by atoms with Crippen LogP contribution in [0.25, 0.3) is 0 Å². The maximum atomic E-state index is 13.9. The van der Waals surface area contributed by atoms with E-state index in [0.29, 0.717) is 46.1 Å². The summed E-state index contributed by atoms with van der Waals surface area (Å²) in [5, 5.41) is 3.29. The second kappa shape index (κ2) is 12.3. The minimum Gasteiger partial charge on any atom is -0.468 e. The molecule has 0 amide bonds. The number of esters is 2.